The Hall–Kier alpha value is -2.06. The molecule has 1 saturated heterocycles. The molecule has 0 radical (unpaired) electrons. The van der Waals surface area contributed by atoms with Crippen molar-refractivity contribution >= 4 is 5.91 Å². The normalized spacial score (nSPS) is 25.1. The molecule has 2 heterocycles. The van der Waals surface area contributed by atoms with Gasteiger partial charge in [0.15, 0.2) is 0 Å². The van der Waals surface area contributed by atoms with Crippen LogP contribution in [0.3, 0.4) is 0 Å². The van der Waals surface area contributed by atoms with Crippen LogP contribution >= 0.6 is 0 Å². The molecular weight excluding hydrogens is 362 g/mol. The molecule has 3 aliphatic rings. The molecule has 0 aromatic heterocycles. The second kappa shape index (κ2) is 9.63. The van der Waals surface area contributed by atoms with E-state index in [-0.39, 0.29) is 18.4 Å². The number of ether oxygens (including phenoxy) is 1. The molecular formula is C24H33N3O2. The molecule has 1 aliphatic carbocycles. The number of hydrogen-bond acceptors (Lipinski definition) is 4. The van der Waals surface area contributed by atoms with Gasteiger partial charge < -0.3 is 15.0 Å². The molecule has 0 unspecified atom stereocenters. The minimum Gasteiger partial charge on any atom is -0.493 e. The van der Waals surface area contributed by atoms with Gasteiger partial charge in [-0.05, 0) is 88.0 Å². The molecule has 0 spiro atoms. The fourth-order valence-corrected chi connectivity index (χ4v) is 5.41. The zero-order chi connectivity index (χ0) is 20.1. The van der Waals surface area contributed by atoms with E-state index in [1.54, 1.807) is 0 Å². The maximum absolute atomic E-state index is 11.6. The summed E-state index contributed by atoms with van der Waals surface area (Å²) in [6, 6.07) is 8.80. The molecule has 0 bridgehead atoms. The number of benzene rings is 1. The van der Waals surface area contributed by atoms with Gasteiger partial charge in [0.1, 0.15) is 12.2 Å². The number of hydrogen-bond donors (Lipinski definition) is 1. The highest BCUT2D eigenvalue weighted by atomic mass is 16.5. The van der Waals surface area contributed by atoms with Crippen LogP contribution in [0, 0.1) is 17.2 Å². The molecule has 29 heavy (non-hydrogen) atoms. The van der Waals surface area contributed by atoms with E-state index < -0.39 is 0 Å². The lowest BCUT2D eigenvalue weighted by Gasteiger charge is -2.35. The quantitative estimate of drug-likeness (QED) is 0.796. The fraction of sp³-hybridized carbons (Fsp3) is 0.667. The van der Waals surface area contributed by atoms with Gasteiger partial charge in [-0.3, -0.25) is 4.79 Å². The largest absolute Gasteiger partial charge is 0.493 e. The highest BCUT2D eigenvalue weighted by Crippen LogP contribution is 2.37. The first kappa shape index (κ1) is 20.2. The monoisotopic (exact) mass is 395 g/mol. The van der Waals surface area contributed by atoms with Crippen LogP contribution < -0.4 is 10.1 Å². The van der Waals surface area contributed by atoms with Gasteiger partial charge in [0, 0.05) is 18.0 Å². The number of rotatable bonds is 6. The molecule has 1 N–H and O–H groups in total. The number of carbonyl (C=O) groups is 1. The second-order valence-electron chi connectivity index (χ2n) is 8.95. The number of nitrogens with zero attached hydrogens (tertiary/aromatic N) is 2. The van der Waals surface area contributed by atoms with Crippen molar-refractivity contribution in [3.8, 4) is 11.8 Å². The Balaban J connectivity index is 1.17. The van der Waals surface area contributed by atoms with E-state index in [1.165, 1.54) is 62.9 Å². The fourth-order valence-electron chi connectivity index (χ4n) is 5.41. The number of fused-ring (bicyclic) bond motifs is 1. The van der Waals surface area contributed by atoms with Crippen LogP contribution in [0.15, 0.2) is 18.2 Å². The molecule has 1 amide bonds. The Morgan fingerprint density at radius 1 is 1.17 bits per heavy atom. The van der Waals surface area contributed by atoms with Crippen LogP contribution in [0.5, 0.6) is 5.75 Å². The maximum atomic E-state index is 11.6. The van der Waals surface area contributed by atoms with Gasteiger partial charge in [0.2, 0.25) is 5.91 Å². The van der Waals surface area contributed by atoms with E-state index in [2.05, 4.69) is 28.4 Å². The van der Waals surface area contributed by atoms with Crippen molar-refractivity contribution in [2.75, 3.05) is 26.2 Å². The summed E-state index contributed by atoms with van der Waals surface area (Å²) in [5, 5.41) is 11.6. The van der Waals surface area contributed by atoms with E-state index in [9.17, 15) is 4.79 Å². The summed E-state index contributed by atoms with van der Waals surface area (Å²) in [6.07, 6.45) is 9.37. The molecule has 5 heteroatoms. The summed E-state index contributed by atoms with van der Waals surface area (Å²) in [6.45, 7) is 4.46. The average molecular weight is 396 g/mol. The van der Waals surface area contributed by atoms with Crippen molar-refractivity contribution in [2.45, 2.75) is 69.7 Å². The summed E-state index contributed by atoms with van der Waals surface area (Å²) in [7, 11) is 0. The topological polar surface area (TPSA) is 65.4 Å². The molecule has 4 rings (SSSR count). The van der Waals surface area contributed by atoms with E-state index in [0.29, 0.717) is 5.92 Å². The summed E-state index contributed by atoms with van der Waals surface area (Å²) < 4.78 is 5.75. The molecule has 2 aliphatic heterocycles. The number of likely N-dealkylation sites (tertiary alicyclic amines) is 1. The van der Waals surface area contributed by atoms with E-state index in [0.717, 1.165) is 37.5 Å². The summed E-state index contributed by atoms with van der Waals surface area (Å²) in [4.78, 5) is 14.2. The molecule has 1 aromatic carbocycles. The van der Waals surface area contributed by atoms with Crippen molar-refractivity contribution < 1.29 is 9.53 Å². The average Bonchev–Trinajstić information content (AvgIpc) is 3.23. The molecule has 1 saturated carbocycles. The highest BCUT2D eigenvalue weighted by molar-refractivity contribution is 5.78. The molecule has 5 nitrogen and oxygen atoms in total. The Labute approximate surface area is 174 Å². The third-order valence-corrected chi connectivity index (χ3v) is 7.11. The highest BCUT2D eigenvalue weighted by Gasteiger charge is 2.27. The maximum Gasteiger partial charge on any atom is 0.234 e. The molecule has 156 valence electrons. The van der Waals surface area contributed by atoms with Crippen molar-refractivity contribution in [3.05, 3.63) is 29.3 Å². The van der Waals surface area contributed by atoms with Gasteiger partial charge in [-0.25, -0.2) is 0 Å². The van der Waals surface area contributed by atoms with Gasteiger partial charge in [-0.15, -0.1) is 0 Å². The molecule has 0 atom stereocenters. The molecule has 2 fully saturated rings. The zero-order valence-corrected chi connectivity index (χ0v) is 17.4. The minimum absolute atomic E-state index is 0.0192. The van der Waals surface area contributed by atoms with Crippen LogP contribution in [0.4, 0.5) is 0 Å². The lowest BCUT2D eigenvalue weighted by molar-refractivity contribution is -0.121. The number of amides is 1. The summed E-state index contributed by atoms with van der Waals surface area (Å²) >= 11 is 0. The van der Waals surface area contributed by atoms with Gasteiger partial charge >= 0.3 is 0 Å². The Bertz CT molecular complexity index is 741. The predicted molar refractivity (Wildman–Crippen MR) is 113 cm³/mol. The first-order valence-electron chi connectivity index (χ1n) is 11.4. The molecule has 1 aromatic rings. The van der Waals surface area contributed by atoms with Crippen LogP contribution in [0.25, 0.3) is 0 Å². The number of carbonyl (C=O) groups excluding carboxylic acids is 1. The lowest BCUT2D eigenvalue weighted by atomic mass is 9.83. The van der Waals surface area contributed by atoms with Crippen molar-refractivity contribution in [2.24, 2.45) is 5.92 Å². The van der Waals surface area contributed by atoms with E-state index in [4.69, 9.17) is 10.00 Å². The third-order valence-electron chi connectivity index (χ3n) is 7.11. The van der Waals surface area contributed by atoms with Gasteiger partial charge in [0.25, 0.3) is 0 Å². The van der Waals surface area contributed by atoms with E-state index in [1.807, 2.05) is 6.07 Å². The lowest BCUT2D eigenvalue weighted by Crippen LogP contribution is -2.38. The van der Waals surface area contributed by atoms with Crippen LogP contribution in [-0.2, 0) is 11.2 Å². The van der Waals surface area contributed by atoms with Crippen LogP contribution in [0.2, 0.25) is 0 Å². The van der Waals surface area contributed by atoms with Crippen molar-refractivity contribution in [1.82, 2.24) is 10.2 Å². The first-order valence-corrected chi connectivity index (χ1v) is 11.4. The minimum atomic E-state index is -0.116. The van der Waals surface area contributed by atoms with Crippen LogP contribution in [0.1, 0.15) is 68.4 Å². The van der Waals surface area contributed by atoms with Crippen LogP contribution in [-0.4, -0.2) is 43.1 Å². The third kappa shape index (κ3) is 5.11. The van der Waals surface area contributed by atoms with E-state index >= 15 is 0 Å². The summed E-state index contributed by atoms with van der Waals surface area (Å²) in [5.74, 6) is 2.47. The van der Waals surface area contributed by atoms with Crippen molar-refractivity contribution in [3.63, 3.8) is 0 Å². The smallest absolute Gasteiger partial charge is 0.234 e. The second-order valence-corrected chi connectivity index (χ2v) is 8.95. The predicted octanol–water partition coefficient (Wildman–Crippen LogP) is 3.78. The Morgan fingerprint density at radius 2 is 1.97 bits per heavy atom. The SMILES string of the molecule is N#CCC(=O)NC1CCC(CCN2CCC(c3cccc4c3CCO4)CC2)CC1. The van der Waals surface area contributed by atoms with Gasteiger partial charge in [0.05, 0.1) is 12.7 Å². The van der Waals surface area contributed by atoms with Gasteiger partial charge in [-0.2, -0.15) is 5.26 Å². The Morgan fingerprint density at radius 3 is 2.72 bits per heavy atom. The van der Waals surface area contributed by atoms with Crippen molar-refractivity contribution in [1.29, 1.82) is 5.26 Å². The first-order chi connectivity index (χ1) is 14.2. The number of piperidine rings is 1. The Kier molecular flexibility index (Phi) is 6.71. The number of nitriles is 1. The standard InChI is InChI=1S/C24H33N3O2/c25-13-8-24(28)26-20-6-4-18(5-7-20)9-14-27-15-10-19(11-16-27)21-2-1-3-23-22(21)12-17-29-23/h1-3,18-20H,4-12,14-17H2,(H,26,28). The van der Waals surface area contributed by atoms with Gasteiger partial charge in [-0.1, -0.05) is 12.1 Å². The summed E-state index contributed by atoms with van der Waals surface area (Å²) in [5.41, 5.74) is 3.00. The number of nitrogens with one attached hydrogen (secondary N) is 1. The zero-order valence-electron chi connectivity index (χ0n) is 17.4.